The molecule has 190 valence electrons. The molecule has 36 heavy (non-hydrogen) atoms. The third-order valence-electron chi connectivity index (χ3n) is 4.75. The Labute approximate surface area is 221 Å². The summed E-state index contributed by atoms with van der Waals surface area (Å²) in [5, 5.41) is 2.23. The van der Waals surface area contributed by atoms with Gasteiger partial charge in [0.1, 0.15) is 6.54 Å². The molecule has 1 N–H and O–H groups in total. The standard InChI is InChI=1S/C25H25BrN2O7S/c1-4-33-19-11-16(12-20-24(31)28(25(32)36-20)13-22(30)34-5-2)10-18(26)23(19)35-14-21(29)27-17-8-6-7-15(3)9-17/h6-12H,4-5,13-14H2,1-3H3,(H,27,29)/b20-12-. The monoisotopic (exact) mass is 576 g/mol. The molecule has 1 aliphatic rings. The minimum absolute atomic E-state index is 0.154. The molecule has 3 amide bonds. The normalized spacial score (nSPS) is 14.2. The van der Waals surface area contributed by atoms with Crippen LogP contribution in [0.3, 0.4) is 0 Å². The zero-order chi connectivity index (χ0) is 26.2. The number of hydrogen-bond acceptors (Lipinski definition) is 8. The van der Waals surface area contributed by atoms with Gasteiger partial charge in [0, 0.05) is 5.69 Å². The van der Waals surface area contributed by atoms with Crippen LogP contribution in [0.1, 0.15) is 25.0 Å². The summed E-state index contributed by atoms with van der Waals surface area (Å²) >= 11 is 4.17. The SMILES string of the molecule is CCOC(=O)CN1C(=O)S/C(=C\c2cc(Br)c(OCC(=O)Nc3cccc(C)c3)c(OCC)c2)C1=O. The number of nitrogens with one attached hydrogen (secondary N) is 1. The van der Waals surface area contributed by atoms with E-state index >= 15 is 0 Å². The first-order chi connectivity index (χ1) is 17.2. The second-order valence-corrected chi connectivity index (χ2v) is 9.39. The number of anilines is 1. The summed E-state index contributed by atoms with van der Waals surface area (Å²) in [6, 6.07) is 10.7. The van der Waals surface area contributed by atoms with Crippen molar-refractivity contribution < 1.29 is 33.4 Å². The van der Waals surface area contributed by atoms with Crippen molar-refractivity contribution in [2.45, 2.75) is 20.8 Å². The maximum atomic E-state index is 12.7. The molecule has 2 aromatic rings. The number of amides is 3. The summed E-state index contributed by atoms with van der Waals surface area (Å²) in [7, 11) is 0. The van der Waals surface area contributed by atoms with Crippen LogP contribution in [0.25, 0.3) is 6.08 Å². The number of esters is 1. The van der Waals surface area contributed by atoms with Crippen LogP contribution < -0.4 is 14.8 Å². The number of aryl methyl sites for hydroxylation is 1. The summed E-state index contributed by atoms with van der Waals surface area (Å²) in [6.45, 7) is 5.16. The number of carbonyl (C=O) groups is 4. The molecule has 1 heterocycles. The van der Waals surface area contributed by atoms with Gasteiger partial charge in [-0.2, -0.15) is 0 Å². The van der Waals surface area contributed by atoms with Gasteiger partial charge in [-0.05, 0) is 89.9 Å². The number of rotatable bonds is 10. The van der Waals surface area contributed by atoms with Gasteiger partial charge in [0.25, 0.3) is 17.1 Å². The molecule has 0 radical (unpaired) electrons. The smallest absolute Gasteiger partial charge is 0.326 e. The molecule has 1 saturated heterocycles. The number of nitrogens with zero attached hydrogens (tertiary/aromatic N) is 1. The third kappa shape index (κ3) is 7.11. The Morgan fingerprint density at radius 3 is 2.58 bits per heavy atom. The Balaban J connectivity index is 1.75. The number of ether oxygens (including phenoxy) is 3. The van der Waals surface area contributed by atoms with E-state index in [1.54, 1.807) is 32.0 Å². The molecular weight excluding hydrogens is 552 g/mol. The highest BCUT2D eigenvalue weighted by atomic mass is 79.9. The molecule has 9 nitrogen and oxygen atoms in total. The Bertz CT molecular complexity index is 1210. The average molecular weight is 577 g/mol. The maximum absolute atomic E-state index is 12.7. The molecule has 3 rings (SSSR count). The summed E-state index contributed by atoms with van der Waals surface area (Å²) in [5.41, 5.74) is 2.24. The third-order valence-corrected chi connectivity index (χ3v) is 6.24. The van der Waals surface area contributed by atoms with Crippen molar-refractivity contribution in [3.8, 4) is 11.5 Å². The lowest BCUT2D eigenvalue weighted by atomic mass is 10.2. The summed E-state index contributed by atoms with van der Waals surface area (Å²) in [4.78, 5) is 50.0. The van der Waals surface area contributed by atoms with Crippen LogP contribution in [0, 0.1) is 6.92 Å². The highest BCUT2D eigenvalue weighted by Crippen LogP contribution is 2.39. The van der Waals surface area contributed by atoms with Gasteiger partial charge in [-0.3, -0.25) is 24.1 Å². The van der Waals surface area contributed by atoms with Crippen LogP contribution >= 0.6 is 27.7 Å². The van der Waals surface area contributed by atoms with Crippen molar-refractivity contribution in [2.24, 2.45) is 0 Å². The average Bonchev–Trinajstić information content (AvgIpc) is 3.06. The van der Waals surface area contributed by atoms with E-state index in [4.69, 9.17) is 14.2 Å². The maximum Gasteiger partial charge on any atom is 0.326 e. The molecule has 0 aliphatic carbocycles. The molecule has 1 fully saturated rings. The number of halogens is 1. The largest absolute Gasteiger partial charge is 0.490 e. The van der Waals surface area contributed by atoms with Crippen molar-refractivity contribution in [1.82, 2.24) is 4.90 Å². The number of carbonyl (C=O) groups excluding carboxylic acids is 4. The number of benzene rings is 2. The van der Waals surface area contributed by atoms with Crippen LogP contribution in [0.15, 0.2) is 45.8 Å². The van der Waals surface area contributed by atoms with E-state index in [0.29, 0.717) is 33.8 Å². The first kappa shape index (κ1) is 27.3. The van der Waals surface area contributed by atoms with Gasteiger partial charge in [0.2, 0.25) is 0 Å². The molecule has 2 aromatic carbocycles. The van der Waals surface area contributed by atoms with Crippen LogP contribution in [0.4, 0.5) is 10.5 Å². The van der Waals surface area contributed by atoms with Gasteiger partial charge in [0.15, 0.2) is 18.1 Å². The van der Waals surface area contributed by atoms with Gasteiger partial charge in [-0.1, -0.05) is 12.1 Å². The minimum Gasteiger partial charge on any atom is -0.490 e. The second-order valence-electron chi connectivity index (χ2n) is 7.54. The van der Waals surface area contributed by atoms with Crippen LogP contribution in [-0.4, -0.2) is 54.3 Å². The van der Waals surface area contributed by atoms with Crippen molar-refractivity contribution in [3.63, 3.8) is 0 Å². The summed E-state index contributed by atoms with van der Waals surface area (Å²) < 4.78 is 16.8. The van der Waals surface area contributed by atoms with E-state index in [-0.39, 0.29) is 24.0 Å². The van der Waals surface area contributed by atoms with Gasteiger partial charge < -0.3 is 19.5 Å². The van der Waals surface area contributed by atoms with Crippen LogP contribution in [0.5, 0.6) is 11.5 Å². The van der Waals surface area contributed by atoms with Crippen molar-refractivity contribution in [2.75, 3.05) is 31.7 Å². The van der Waals surface area contributed by atoms with E-state index in [1.165, 1.54) is 6.08 Å². The van der Waals surface area contributed by atoms with E-state index in [0.717, 1.165) is 22.2 Å². The zero-order valence-electron chi connectivity index (χ0n) is 20.0. The lowest BCUT2D eigenvalue weighted by Gasteiger charge is -2.15. The van der Waals surface area contributed by atoms with Crippen LogP contribution in [0.2, 0.25) is 0 Å². The van der Waals surface area contributed by atoms with E-state index in [9.17, 15) is 19.2 Å². The van der Waals surface area contributed by atoms with Gasteiger partial charge >= 0.3 is 5.97 Å². The highest BCUT2D eigenvalue weighted by Gasteiger charge is 2.36. The molecule has 0 bridgehead atoms. The van der Waals surface area contributed by atoms with E-state index in [2.05, 4.69) is 21.2 Å². The predicted octanol–water partition coefficient (Wildman–Crippen LogP) is 4.77. The van der Waals surface area contributed by atoms with Crippen molar-refractivity contribution in [1.29, 1.82) is 0 Å². The van der Waals surface area contributed by atoms with Crippen LogP contribution in [-0.2, 0) is 19.1 Å². The quantitative estimate of drug-likeness (QED) is 0.318. The molecule has 0 saturated carbocycles. The van der Waals surface area contributed by atoms with E-state index < -0.39 is 23.7 Å². The molecular formula is C25H25BrN2O7S. The number of imide groups is 1. The van der Waals surface area contributed by atoms with Gasteiger partial charge in [-0.25, -0.2) is 0 Å². The fourth-order valence-electron chi connectivity index (χ4n) is 3.26. The predicted molar refractivity (Wildman–Crippen MR) is 140 cm³/mol. The number of hydrogen-bond donors (Lipinski definition) is 1. The second kappa shape index (κ2) is 12.6. The Morgan fingerprint density at radius 1 is 1.11 bits per heavy atom. The zero-order valence-corrected chi connectivity index (χ0v) is 22.4. The van der Waals surface area contributed by atoms with Crippen molar-refractivity contribution >= 4 is 62.5 Å². The summed E-state index contributed by atoms with van der Waals surface area (Å²) in [5.74, 6) is -0.902. The first-order valence-corrected chi connectivity index (χ1v) is 12.7. The molecule has 0 unspecified atom stereocenters. The molecule has 1 aliphatic heterocycles. The lowest BCUT2D eigenvalue weighted by Crippen LogP contribution is -2.34. The minimum atomic E-state index is -0.657. The lowest BCUT2D eigenvalue weighted by molar-refractivity contribution is -0.146. The topological polar surface area (TPSA) is 111 Å². The fourth-order valence-corrected chi connectivity index (χ4v) is 4.67. The van der Waals surface area contributed by atoms with Gasteiger partial charge in [0.05, 0.1) is 22.6 Å². The van der Waals surface area contributed by atoms with E-state index in [1.807, 2.05) is 25.1 Å². The molecule has 0 spiro atoms. The summed E-state index contributed by atoms with van der Waals surface area (Å²) in [6.07, 6.45) is 1.53. The Morgan fingerprint density at radius 2 is 1.89 bits per heavy atom. The Kier molecular flexibility index (Phi) is 9.54. The van der Waals surface area contributed by atoms with Crippen molar-refractivity contribution in [3.05, 3.63) is 56.9 Å². The molecule has 0 atom stereocenters. The molecule has 11 heteroatoms. The fraction of sp³-hybridized carbons (Fsp3) is 0.280. The highest BCUT2D eigenvalue weighted by molar-refractivity contribution is 9.10. The van der Waals surface area contributed by atoms with Gasteiger partial charge in [-0.15, -0.1) is 0 Å². The number of thioether (sulfide) groups is 1. The Hall–Kier alpha value is -3.31. The first-order valence-electron chi connectivity index (χ1n) is 11.1. The molecule has 0 aromatic heterocycles.